The van der Waals surface area contributed by atoms with Crippen molar-refractivity contribution in [3.63, 3.8) is 0 Å². The second-order valence-electron chi connectivity index (χ2n) is 9.63. The molecule has 0 aliphatic rings. The smallest absolute Gasteiger partial charge is 0.000697 e. The molecule has 0 radical (unpaired) electrons. The van der Waals surface area contributed by atoms with E-state index in [-0.39, 0.29) is 0 Å². The zero-order valence-corrected chi connectivity index (χ0v) is 18.4. The van der Waals surface area contributed by atoms with Crippen LogP contribution < -0.4 is 0 Å². The van der Waals surface area contributed by atoms with E-state index in [1.165, 1.54) is 86.2 Å². The maximum Gasteiger partial charge on any atom is -0.000697 e. The molecule has 0 N–H and O–H groups in total. The largest absolute Gasteiger partial charge is 0.0616 e. The summed E-state index contributed by atoms with van der Waals surface area (Å²) in [5, 5.41) is 22.0. The summed E-state index contributed by atoms with van der Waals surface area (Å²) in [6, 6.07) is 40.7. The molecule has 9 aromatic rings. The molecule has 154 valence electrons. The monoisotopic (exact) mass is 426 g/mol. The van der Waals surface area contributed by atoms with Crippen molar-refractivity contribution in [2.45, 2.75) is 0 Å². The topological polar surface area (TPSA) is 0 Å². The van der Waals surface area contributed by atoms with Gasteiger partial charge in [-0.2, -0.15) is 0 Å². The molecule has 0 saturated heterocycles. The predicted octanol–water partition coefficient (Wildman–Crippen LogP) is 9.79. The van der Waals surface area contributed by atoms with Gasteiger partial charge in [-0.05, 0) is 98.3 Å². The Kier molecular flexibility index (Phi) is 2.88. The van der Waals surface area contributed by atoms with Crippen molar-refractivity contribution < 1.29 is 0 Å². The first-order valence-electron chi connectivity index (χ1n) is 12.0. The molecule has 0 amide bonds. The lowest BCUT2D eigenvalue weighted by molar-refractivity contribution is 1.83. The first-order valence-corrected chi connectivity index (χ1v) is 12.0. The minimum atomic E-state index is 1.31. The Balaban J connectivity index is 1.83. The third-order valence-corrected chi connectivity index (χ3v) is 8.07. The molecular weight excluding hydrogens is 408 g/mol. The van der Waals surface area contributed by atoms with Crippen LogP contribution in [0.2, 0.25) is 0 Å². The molecule has 0 atom stereocenters. The van der Waals surface area contributed by atoms with Crippen LogP contribution in [0.25, 0.3) is 86.2 Å². The molecule has 0 heterocycles. The van der Waals surface area contributed by atoms with E-state index in [0.717, 1.165) is 0 Å². The van der Waals surface area contributed by atoms with Gasteiger partial charge in [-0.3, -0.25) is 0 Å². The molecule has 0 spiro atoms. The second kappa shape index (κ2) is 5.73. The van der Waals surface area contributed by atoms with Gasteiger partial charge in [0, 0.05) is 0 Å². The molecule has 0 bridgehead atoms. The molecule has 0 aromatic heterocycles. The summed E-state index contributed by atoms with van der Waals surface area (Å²) in [5.74, 6) is 0. The Hall–Kier alpha value is -4.42. The molecule has 9 rings (SSSR count). The fourth-order valence-corrected chi connectivity index (χ4v) is 6.82. The maximum atomic E-state index is 2.42. The first kappa shape index (κ1) is 17.1. The van der Waals surface area contributed by atoms with E-state index in [1.807, 2.05) is 0 Å². The van der Waals surface area contributed by atoms with Gasteiger partial charge in [-0.1, -0.05) is 97.1 Å². The number of hydrogen-bond acceptors (Lipinski definition) is 0. The molecule has 0 unspecified atom stereocenters. The van der Waals surface area contributed by atoms with Crippen LogP contribution >= 0.6 is 0 Å². The van der Waals surface area contributed by atoms with Gasteiger partial charge in [0.05, 0.1) is 0 Å². The van der Waals surface area contributed by atoms with Crippen molar-refractivity contribution in [2.24, 2.45) is 0 Å². The van der Waals surface area contributed by atoms with E-state index in [2.05, 4.69) is 109 Å². The van der Waals surface area contributed by atoms with Crippen molar-refractivity contribution in [3.05, 3.63) is 109 Å². The van der Waals surface area contributed by atoms with Crippen molar-refractivity contribution >= 4 is 86.2 Å². The van der Waals surface area contributed by atoms with Gasteiger partial charge in [0.2, 0.25) is 0 Å². The Morgan fingerprint density at radius 2 is 0.529 bits per heavy atom. The molecule has 0 aliphatic carbocycles. The van der Waals surface area contributed by atoms with Gasteiger partial charge in [-0.15, -0.1) is 0 Å². The van der Waals surface area contributed by atoms with Crippen LogP contribution in [0.4, 0.5) is 0 Å². The minimum Gasteiger partial charge on any atom is -0.0616 e. The lowest BCUT2D eigenvalue weighted by Crippen LogP contribution is -1.84. The highest BCUT2D eigenvalue weighted by molar-refractivity contribution is 6.52. The summed E-state index contributed by atoms with van der Waals surface area (Å²) in [7, 11) is 0. The Morgan fingerprint density at radius 3 is 0.971 bits per heavy atom. The summed E-state index contributed by atoms with van der Waals surface area (Å²) in [5.41, 5.74) is 0. The fraction of sp³-hybridized carbons (Fsp3) is 0. The van der Waals surface area contributed by atoms with E-state index >= 15 is 0 Å². The molecular formula is C34H18. The summed E-state index contributed by atoms with van der Waals surface area (Å²) in [6.45, 7) is 0. The summed E-state index contributed by atoms with van der Waals surface area (Å²) < 4.78 is 0. The second-order valence-corrected chi connectivity index (χ2v) is 9.63. The fourth-order valence-electron chi connectivity index (χ4n) is 6.82. The number of hydrogen-bond donors (Lipinski definition) is 0. The average Bonchev–Trinajstić information content (AvgIpc) is 3.40. The van der Waals surface area contributed by atoms with E-state index < -0.39 is 0 Å². The quantitative estimate of drug-likeness (QED) is 0.167. The molecule has 9 aromatic carbocycles. The molecule has 34 heavy (non-hydrogen) atoms. The van der Waals surface area contributed by atoms with Crippen molar-refractivity contribution in [3.8, 4) is 0 Å². The van der Waals surface area contributed by atoms with Crippen molar-refractivity contribution in [1.82, 2.24) is 0 Å². The number of rotatable bonds is 0. The van der Waals surface area contributed by atoms with Crippen LogP contribution in [0.5, 0.6) is 0 Å². The van der Waals surface area contributed by atoms with Gasteiger partial charge in [0.25, 0.3) is 0 Å². The Morgan fingerprint density at radius 1 is 0.235 bits per heavy atom. The van der Waals surface area contributed by atoms with Gasteiger partial charge in [-0.25, -0.2) is 0 Å². The summed E-state index contributed by atoms with van der Waals surface area (Å²) >= 11 is 0. The number of fused-ring (bicyclic) bond motifs is 12. The normalized spacial score (nSPS) is 12.7. The van der Waals surface area contributed by atoms with E-state index in [4.69, 9.17) is 0 Å². The van der Waals surface area contributed by atoms with Gasteiger partial charge in [0.15, 0.2) is 0 Å². The van der Waals surface area contributed by atoms with Crippen molar-refractivity contribution in [2.75, 3.05) is 0 Å². The molecule has 0 fully saturated rings. The van der Waals surface area contributed by atoms with Crippen LogP contribution in [0.3, 0.4) is 0 Å². The molecule has 0 saturated carbocycles. The lowest BCUT2D eigenvalue weighted by atomic mass is 9.89. The Labute approximate surface area is 195 Å². The van der Waals surface area contributed by atoms with Gasteiger partial charge >= 0.3 is 0 Å². The van der Waals surface area contributed by atoms with Gasteiger partial charge in [0.1, 0.15) is 0 Å². The highest BCUT2D eigenvalue weighted by Crippen LogP contribution is 2.53. The van der Waals surface area contributed by atoms with Crippen LogP contribution in [0, 0.1) is 0 Å². The van der Waals surface area contributed by atoms with E-state index in [9.17, 15) is 0 Å². The lowest BCUT2D eigenvalue weighted by Gasteiger charge is -2.13. The maximum absolute atomic E-state index is 2.42. The highest BCUT2D eigenvalue weighted by atomic mass is 14.3. The standard InChI is InChI=1S/C34H18/c1-3-11-21-19(9-1)17-27-23-13-5-7-15-25(23)32-30-22-12-4-2-10-20(22)18-28-24-14-6-8-16-26(24)31(34(28)30)29(21)33(27)32/h1-18H. The minimum absolute atomic E-state index is 1.31. The summed E-state index contributed by atoms with van der Waals surface area (Å²) in [6.07, 6.45) is 0. The zero-order valence-electron chi connectivity index (χ0n) is 18.4. The third-order valence-electron chi connectivity index (χ3n) is 8.07. The van der Waals surface area contributed by atoms with Crippen LogP contribution in [-0.2, 0) is 0 Å². The number of benzene rings is 7. The summed E-state index contributed by atoms with van der Waals surface area (Å²) in [4.78, 5) is 0. The third kappa shape index (κ3) is 1.82. The van der Waals surface area contributed by atoms with Gasteiger partial charge < -0.3 is 0 Å². The van der Waals surface area contributed by atoms with E-state index in [1.54, 1.807) is 0 Å². The van der Waals surface area contributed by atoms with Crippen LogP contribution in [-0.4, -0.2) is 0 Å². The SMILES string of the molecule is c1ccc2c(c1)cc1c3ccccc3c3c4c5ccccc5cc5c6ccccc6c(c2c13)c54. The molecule has 0 heteroatoms. The van der Waals surface area contributed by atoms with Crippen LogP contribution in [0.15, 0.2) is 109 Å². The van der Waals surface area contributed by atoms with E-state index in [0.29, 0.717) is 0 Å². The van der Waals surface area contributed by atoms with Crippen molar-refractivity contribution in [1.29, 1.82) is 0 Å². The highest BCUT2D eigenvalue weighted by Gasteiger charge is 2.24. The average molecular weight is 427 g/mol. The predicted molar refractivity (Wildman–Crippen MR) is 149 cm³/mol. The zero-order chi connectivity index (χ0) is 22.0. The molecule has 0 aliphatic heterocycles. The Bertz CT molecular complexity index is 2100. The first-order chi connectivity index (χ1) is 16.9. The molecule has 0 nitrogen and oxygen atoms in total. The van der Waals surface area contributed by atoms with Crippen LogP contribution in [0.1, 0.15) is 0 Å².